The highest BCUT2D eigenvalue weighted by Crippen LogP contribution is 2.21. The van der Waals surface area contributed by atoms with Crippen molar-refractivity contribution < 1.29 is 14.3 Å². The highest BCUT2D eigenvalue weighted by Gasteiger charge is 2.34. The standard InChI is InChI=1S/C15H22ClN5O3/c1-15(2,3)24-14(23)21-9-5-4-6-10(21)13(22)20-19-12-11(16)17-7-8-18-12/h7-8,10H,4-6,9H2,1-3H3,(H,18,19)(H,20,22). The predicted octanol–water partition coefficient (Wildman–Crippen LogP) is 2.36. The maximum atomic E-state index is 12.4. The van der Waals surface area contributed by atoms with Gasteiger partial charge in [-0.3, -0.25) is 20.5 Å². The molecular formula is C15H22ClN5O3. The molecule has 0 radical (unpaired) electrons. The molecule has 1 aromatic heterocycles. The maximum Gasteiger partial charge on any atom is 0.410 e. The monoisotopic (exact) mass is 355 g/mol. The van der Waals surface area contributed by atoms with Gasteiger partial charge in [-0.05, 0) is 40.0 Å². The Hall–Kier alpha value is -2.09. The Morgan fingerprint density at radius 3 is 2.67 bits per heavy atom. The number of hydrogen-bond donors (Lipinski definition) is 2. The van der Waals surface area contributed by atoms with Crippen LogP contribution in [0.2, 0.25) is 5.15 Å². The van der Waals surface area contributed by atoms with Gasteiger partial charge in [0.15, 0.2) is 11.0 Å². The molecule has 0 aliphatic carbocycles. The molecule has 2 amide bonds. The van der Waals surface area contributed by atoms with Gasteiger partial charge in [-0.1, -0.05) is 11.6 Å². The lowest BCUT2D eigenvalue weighted by Crippen LogP contribution is -2.54. The summed E-state index contributed by atoms with van der Waals surface area (Å²) >= 11 is 5.87. The normalized spacial score (nSPS) is 18.0. The molecule has 0 spiro atoms. The number of ether oxygens (including phenoxy) is 1. The fourth-order valence-electron chi connectivity index (χ4n) is 2.35. The summed E-state index contributed by atoms with van der Waals surface area (Å²) in [5.41, 5.74) is 4.56. The first kappa shape index (κ1) is 18.3. The molecule has 9 heteroatoms. The van der Waals surface area contributed by atoms with Crippen molar-refractivity contribution >= 4 is 29.4 Å². The van der Waals surface area contributed by atoms with Crippen LogP contribution in [0.4, 0.5) is 10.6 Å². The molecule has 1 atom stereocenters. The van der Waals surface area contributed by atoms with Crippen LogP contribution in [-0.4, -0.2) is 45.1 Å². The third kappa shape index (κ3) is 4.95. The molecule has 24 heavy (non-hydrogen) atoms. The SMILES string of the molecule is CC(C)(C)OC(=O)N1CCCCC1C(=O)NNc1nccnc1Cl. The van der Waals surface area contributed by atoms with Crippen molar-refractivity contribution in [1.29, 1.82) is 0 Å². The summed E-state index contributed by atoms with van der Waals surface area (Å²) in [6.07, 6.45) is 4.69. The summed E-state index contributed by atoms with van der Waals surface area (Å²) in [7, 11) is 0. The Morgan fingerprint density at radius 1 is 1.29 bits per heavy atom. The van der Waals surface area contributed by atoms with E-state index in [1.807, 2.05) is 0 Å². The minimum Gasteiger partial charge on any atom is -0.444 e. The van der Waals surface area contributed by atoms with Crippen molar-refractivity contribution in [3.05, 3.63) is 17.5 Å². The van der Waals surface area contributed by atoms with E-state index in [4.69, 9.17) is 16.3 Å². The first-order valence-electron chi connectivity index (χ1n) is 7.80. The number of nitrogens with one attached hydrogen (secondary N) is 2. The lowest BCUT2D eigenvalue weighted by Gasteiger charge is -2.35. The molecular weight excluding hydrogens is 334 g/mol. The van der Waals surface area contributed by atoms with Gasteiger partial charge in [-0.25, -0.2) is 14.8 Å². The number of carbonyl (C=O) groups is 2. The van der Waals surface area contributed by atoms with E-state index in [-0.39, 0.29) is 16.9 Å². The maximum absolute atomic E-state index is 12.4. The van der Waals surface area contributed by atoms with E-state index in [1.54, 1.807) is 20.8 Å². The van der Waals surface area contributed by atoms with Crippen LogP contribution >= 0.6 is 11.6 Å². The summed E-state index contributed by atoms with van der Waals surface area (Å²) in [5, 5.41) is 0.144. The van der Waals surface area contributed by atoms with Gasteiger partial charge in [0, 0.05) is 18.9 Å². The van der Waals surface area contributed by atoms with Crippen molar-refractivity contribution in [2.24, 2.45) is 0 Å². The van der Waals surface area contributed by atoms with Gasteiger partial charge in [0.2, 0.25) is 0 Å². The first-order chi connectivity index (χ1) is 11.3. The number of anilines is 1. The van der Waals surface area contributed by atoms with Gasteiger partial charge in [0.05, 0.1) is 0 Å². The first-order valence-corrected chi connectivity index (χ1v) is 8.18. The zero-order chi connectivity index (χ0) is 17.7. The number of rotatable bonds is 3. The molecule has 8 nitrogen and oxygen atoms in total. The summed E-state index contributed by atoms with van der Waals surface area (Å²) in [6.45, 7) is 5.86. The quantitative estimate of drug-likeness (QED) is 0.808. The molecule has 1 aliphatic rings. The molecule has 2 N–H and O–H groups in total. The summed E-state index contributed by atoms with van der Waals surface area (Å²) in [4.78, 5) is 34.1. The highest BCUT2D eigenvalue weighted by atomic mass is 35.5. The summed E-state index contributed by atoms with van der Waals surface area (Å²) < 4.78 is 5.38. The number of hydrogen-bond acceptors (Lipinski definition) is 6. The van der Waals surface area contributed by atoms with Crippen LogP contribution < -0.4 is 10.9 Å². The van der Waals surface area contributed by atoms with Crippen molar-refractivity contribution in [3.8, 4) is 0 Å². The largest absolute Gasteiger partial charge is 0.444 e. The Morgan fingerprint density at radius 2 is 2.00 bits per heavy atom. The van der Waals surface area contributed by atoms with E-state index in [9.17, 15) is 9.59 Å². The highest BCUT2D eigenvalue weighted by molar-refractivity contribution is 6.31. The van der Waals surface area contributed by atoms with Crippen molar-refractivity contribution in [2.45, 2.75) is 51.7 Å². The average molecular weight is 356 g/mol. The average Bonchev–Trinajstić information content (AvgIpc) is 2.52. The predicted molar refractivity (Wildman–Crippen MR) is 89.4 cm³/mol. The topological polar surface area (TPSA) is 96.5 Å². The lowest BCUT2D eigenvalue weighted by molar-refractivity contribution is -0.127. The van der Waals surface area contributed by atoms with Crippen molar-refractivity contribution in [2.75, 3.05) is 12.0 Å². The van der Waals surface area contributed by atoms with Gasteiger partial charge < -0.3 is 4.74 Å². The molecule has 1 saturated heterocycles. The molecule has 1 unspecified atom stereocenters. The molecule has 0 saturated carbocycles. The minimum atomic E-state index is -0.610. The van der Waals surface area contributed by atoms with Gasteiger partial charge in [-0.2, -0.15) is 0 Å². The van der Waals surface area contributed by atoms with E-state index in [1.165, 1.54) is 17.3 Å². The van der Waals surface area contributed by atoms with Crippen LogP contribution in [0.3, 0.4) is 0 Å². The zero-order valence-electron chi connectivity index (χ0n) is 14.0. The van der Waals surface area contributed by atoms with Crippen LogP contribution in [-0.2, 0) is 9.53 Å². The number of carbonyl (C=O) groups excluding carboxylic acids is 2. The van der Waals surface area contributed by atoms with Crippen LogP contribution in [0, 0.1) is 0 Å². The van der Waals surface area contributed by atoms with E-state index < -0.39 is 17.7 Å². The smallest absolute Gasteiger partial charge is 0.410 e. The third-order valence-corrected chi connectivity index (χ3v) is 3.67. The van der Waals surface area contributed by atoms with Crippen molar-refractivity contribution in [3.63, 3.8) is 0 Å². The molecule has 1 aromatic rings. The van der Waals surface area contributed by atoms with E-state index in [0.717, 1.165) is 12.8 Å². The van der Waals surface area contributed by atoms with Crippen LogP contribution in [0.15, 0.2) is 12.4 Å². The molecule has 1 fully saturated rings. The van der Waals surface area contributed by atoms with Gasteiger partial charge in [0.1, 0.15) is 11.6 Å². The van der Waals surface area contributed by atoms with Crippen LogP contribution in [0.1, 0.15) is 40.0 Å². The van der Waals surface area contributed by atoms with Gasteiger partial charge >= 0.3 is 6.09 Å². The van der Waals surface area contributed by atoms with Crippen LogP contribution in [0.5, 0.6) is 0 Å². The number of likely N-dealkylation sites (tertiary alicyclic amines) is 1. The molecule has 132 valence electrons. The van der Waals surface area contributed by atoms with Gasteiger partial charge in [-0.15, -0.1) is 0 Å². The summed E-state index contributed by atoms with van der Waals surface area (Å²) in [5.74, 6) is -0.102. The van der Waals surface area contributed by atoms with Crippen LogP contribution in [0.25, 0.3) is 0 Å². The Kier molecular flexibility index (Phi) is 5.82. The zero-order valence-corrected chi connectivity index (χ0v) is 14.8. The Bertz CT molecular complexity index is 605. The number of aromatic nitrogens is 2. The second-order valence-electron chi connectivity index (χ2n) is 6.50. The Balaban J connectivity index is 2.00. The number of halogens is 1. The second kappa shape index (κ2) is 7.65. The number of piperidine rings is 1. The number of amides is 2. The lowest BCUT2D eigenvalue weighted by atomic mass is 10.0. The molecule has 0 bridgehead atoms. The fourth-order valence-corrected chi connectivity index (χ4v) is 2.50. The molecule has 2 heterocycles. The van der Waals surface area contributed by atoms with E-state index >= 15 is 0 Å². The Labute approximate surface area is 145 Å². The van der Waals surface area contributed by atoms with E-state index in [2.05, 4.69) is 20.8 Å². The second-order valence-corrected chi connectivity index (χ2v) is 6.85. The molecule has 1 aliphatic heterocycles. The summed E-state index contributed by atoms with van der Waals surface area (Å²) in [6, 6.07) is -0.600. The minimum absolute atomic E-state index is 0.144. The van der Waals surface area contributed by atoms with Crippen molar-refractivity contribution in [1.82, 2.24) is 20.3 Å². The number of nitrogens with zero attached hydrogens (tertiary/aromatic N) is 3. The number of hydrazine groups is 1. The molecule has 0 aromatic carbocycles. The van der Waals surface area contributed by atoms with E-state index in [0.29, 0.717) is 13.0 Å². The van der Waals surface area contributed by atoms with Gasteiger partial charge in [0.25, 0.3) is 5.91 Å². The fraction of sp³-hybridized carbons (Fsp3) is 0.600. The third-order valence-electron chi connectivity index (χ3n) is 3.39. The molecule has 2 rings (SSSR count).